The van der Waals surface area contributed by atoms with Gasteiger partial charge in [-0.1, -0.05) is 109 Å². The number of rotatable bonds is 6. The van der Waals surface area contributed by atoms with Crippen molar-refractivity contribution in [3.8, 4) is 0 Å². The standard InChI is InChI=1S/3C12H10N2O.Nd/c3*15-14-12(10-6-2-1-3-7-10)11-8-4-5-9-13-11;/h3*1-9,15H;/q;;;+3/p-3. The second-order valence-corrected chi connectivity index (χ2v) is 9.06. The third-order valence-electron chi connectivity index (χ3n) is 6.14. The molecular weight excluding hydrogens is 709 g/mol. The van der Waals surface area contributed by atoms with Crippen LogP contribution in [0.3, 0.4) is 0 Å². The molecule has 10 heteroatoms. The van der Waals surface area contributed by atoms with Crippen molar-refractivity contribution in [3.63, 3.8) is 0 Å². The summed E-state index contributed by atoms with van der Waals surface area (Å²) >= 11 is 0. The van der Waals surface area contributed by atoms with Gasteiger partial charge >= 0.3 is 40.8 Å². The summed E-state index contributed by atoms with van der Waals surface area (Å²) in [5.74, 6) is 0. The number of aromatic nitrogens is 3. The second-order valence-electron chi connectivity index (χ2n) is 9.06. The number of nitrogens with zero attached hydrogens (tertiary/aromatic N) is 6. The van der Waals surface area contributed by atoms with Crippen LogP contribution >= 0.6 is 0 Å². The van der Waals surface area contributed by atoms with E-state index in [2.05, 4.69) is 30.4 Å². The van der Waals surface area contributed by atoms with Crippen LogP contribution in [0.15, 0.2) is 180 Å². The predicted octanol–water partition coefficient (Wildman–Crippen LogP) is 7.25. The summed E-state index contributed by atoms with van der Waals surface area (Å²) in [6.45, 7) is 0. The zero-order valence-electron chi connectivity index (χ0n) is 24.5. The van der Waals surface area contributed by atoms with Gasteiger partial charge in [-0.05, 0) is 36.4 Å². The van der Waals surface area contributed by atoms with Gasteiger partial charge in [-0.15, -0.1) is 0 Å². The molecule has 0 unspecified atom stereocenters. The Bertz CT molecular complexity index is 1450. The van der Waals surface area contributed by atoms with E-state index in [4.69, 9.17) is 0 Å². The van der Waals surface area contributed by atoms with Gasteiger partial charge in [0.15, 0.2) is 0 Å². The maximum atomic E-state index is 10.8. The summed E-state index contributed by atoms with van der Waals surface area (Å²) < 4.78 is 0. The minimum Gasteiger partial charge on any atom is -0.791 e. The van der Waals surface area contributed by atoms with Crippen molar-refractivity contribution < 1.29 is 40.8 Å². The zero-order valence-corrected chi connectivity index (χ0v) is 27.7. The summed E-state index contributed by atoms with van der Waals surface area (Å²) in [6, 6.07) is 44.1. The van der Waals surface area contributed by atoms with Crippen LogP contribution in [-0.4, -0.2) is 32.1 Å². The van der Waals surface area contributed by atoms with Gasteiger partial charge in [0, 0.05) is 35.3 Å². The van der Waals surface area contributed by atoms with Crippen LogP contribution in [0.1, 0.15) is 33.8 Å². The molecule has 6 aromatic rings. The number of pyridine rings is 3. The normalized spacial score (nSPS) is 11.1. The fourth-order valence-corrected chi connectivity index (χ4v) is 4.04. The van der Waals surface area contributed by atoms with Gasteiger partial charge in [-0.2, -0.15) is 0 Å². The van der Waals surface area contributed by atoms with Crippen LogP contribution in [0.2, 0.25) is 0 Å². The number of hydrogen-bond donors (Lipinski definition) is 0. The van der Waals surface area contributed by atoms with E-state index in [0.717, 1.165) is 16.7 Å². The van der Waals surface area contributed by atoms with Gasteiger partial charge in [-0.3, -0.25) is 15.0 Å². The molecule has 0 aliphatic carbocycles. The average Bonchev–Trinajstić information content (AvgIpc) is 3.13. The topological polar surface area (TPSA) is 145 Å². The number of benzene rings is 3. The average molecular weight is 736 g/mol. The molecule has 9 nitrogen and oxygen atoms in total. The molecule has 3 aromatic heterocycles. The van der Waals surface area contributed by atoms with Crippen molar-refractivity contribution in [2.45, 2.75) is 0 Å². The van der Waals surface area contributed by atoms with Gasteiger partial charge < -0.3 is 31.1 Å². The first-order chi connectivity index (χ1) is 22.2. The van der Waals surface area contributed by atoms with Gasteiger partial charge in [0.1, 0.15) is 0 Å². The van der Waals surface area contributed by atoms with E-state index in [1.54, 1.807) is 55.0 Å². The molecule has 0 spiro atoms. The first-order valence-electron chi connectivity index (χ1n) is 13.8. The SMILES string of the molecule is [Nd+3].[O-]N=C(c1ccccc1)c1ccccn1.[O-]N=C(c1ccccc1)c1ccccn1.[O-]N=C(c1ccccc1)c1ccccn1. The van der Waals surface area contributed by atoms with E-state index < -0.39 is 0 Å². The molecule has 1 radical (unpaired) electrons. The molecule has 0 aliphatic rings. The van der Waals surface area contributed by atoms with Crippen molar-refractivity contribution in [2.75, 3.05) is 0 Å². The molecule has 0 atom stereocenters. The van der Waals surface area contributed by atoms with Crippen LogP contribution in [0, 0.1) is 56.5 Å². The summed E-state index contributed by atoms with van der Waals surface area (Å²) in [7, 11) is 0. The van der Waals surface area contributed by atoms with Crippen molar-refractivity contribution in [2.24, 2.45) is 15.5 Å². The van der Waals surface area contributed by atoms with E-state index in [0.29, 0.717) is 34.2 Å². The first-order valence-corrected chi connectivity index (χ1v) is 13.8. The number of hydrogen-bond acceptors (Lipinski definition) is 9. The molecule has 0 saturated carbocycles. The Labute approximate surface area is 299 Å². The first kappa shape index (κ1) is 35.4. The molecule has 0 aliphatic heterocycles. The van der Waals surface area contributed by atoms with E-state index >= 15 is 0 Å². The zero-order chi connectivity index (χ0) is 31.5. The Morgan fingerprint density at radius 2 is 0.587 bits per heavy atom. The van der Waals surface area contributed by atoms with Gasteiger partial charge in [0.25, 0.3) is 0 Å². The maximum Gasteiger partial charge on any atom is 3.00 e. The third kappa shape index (κ3) is 10.5. The molecule has 0 N–H and O–H groups in total. The minimum absolute atomic E-state index is 0. The van der Waals surface area contributed by atoms with E-state index in [1.807, 2.05) is 109 Å². The van der Waals surface area contributed by atoms with Crippen molar-refractivity contribution in [3.05, 3.63) is 214 Å². The maximum absolute atomic E-state index is 10.8. The summed E-state index contributed by atoms with van der Waals surface area (Å²) in [6.07, 6.45) is 4.93. The van der Waals surface area contributed by atoms with Gasteiger partial charge in [0.2, 0.25) is 0 Å². The molecule has 0 saturated heterocycles. The van der Waals surface area contributed by atoms with E-state index in [9.17, 15) is 15.6 Å². The second kappa shape index (κ2) is 20.0. The molecule has 223 valence electrons. The molecule has 3 aromatic carbocycles. The van der Waals surface area contributed by atoms with Crippen LogP contribution in [0.25, 0.3) is 0 Å². The molecule has 6 rings (SSSR count). The predicted molar refractivity (Wildman–Crippen MR) is 179 cm³/mol. The fraction of sp³-hybridized carbons (Fsp3) is 0. The van der Waals surface area contributed by atoms with Crippen LogP contribution in [0.4, 0.5) is 0 Å². The van der Waals surface area contributed by atoms with Crippen molar-refractivity contribution >= 4 is 17.1 Å². The largest absolute Gasteiger partial charge is 3.00 e. The van der Waals surface area contributed by atoms with Gasteiger partial charge in [-0.25, -0.2) is 0 Å². The Morgan fingerprint density at radius 1 is 0.348 bits per heavy atom. The third-order valence-corrected chi connectivity index (χ3v) is 6.14. The molecular formula is C36H27N6NdO3. The Kier molecular flexibility index (Phi) is 15.4. The fourth-order valence-electron chi connectivity index (χ4n) is 4.04. The Hall–Kier alpha value is -5.13. The Balaban J connectivity index is 0.000000186. The monoisotopic (exact) mass is 733 g/mol. The van der Waals surface area contributed by atoms with E-state index in [-0.39, 0.29) is 40.8 Å². The molecule has 0 fully saturated rings. The quantitative estimate of drug-likeness (QED) is 0.130. The van der Waals surface area contributed by atoms with Crippen molar-refractivity contribution in [1.82, 2.24) is 15.0 Å². The van der Waals surface area contributed by atoms with Crippen LogP contribution < -0.4 is 0 Å². The Morgan fingerprint density at radius 3 is 0.783 bits per heavy atom. The van der Waals surface area contributed by atoms with Gasteiger partial charge in [0.05, 0.1) is 34.2 Å². The van der Waals surface area contributed by atoms with Crippen LogP contribution in [0.5, 0.6) is 0 Å². The smallest absolute Gasteiger partial charge is 0.791 e. The van der Waals surface area contributed by atoms with Crippen molar-refractivity contribution in [1.29, 1.82) is 0 Å². The summed E-state index contributed by atoms with van der Waals surface area (Å²) in [5, 5.41) is 41.4. The van der Waals surface area contributed by atoms with E-state index in [1.165, 1.54) is 0 Å². The summed E-state index contributed by atoms with van der Waals surface area (Å²) in [4.78, 5) is 12.3. The minimum atomic E-state index is 0. The molecule has 0 bridgehead atoms. The molecule has 3 heterocycles. The molecule has 0 amide bonds. The van der Waals surface area contributed by atoms with Crippen LogP contribution in [-0.2, 0) is 0 Å². The molecule has 46 heavy (non-hydrogen) atoms. The summed E-state index contributed by atoms with van der Waals surface area (Å²) in [5.41, 5.74) is 5.25.